The SMILES string of the molecule is c1ccc(COc2cccn3c(NC4CCCCC4)c(-c4ccoc4)nc23)cc1. The number of hydrogen-bond acceptors (Lipinski definition) is 4. The molecule has 3 aromatic heterocycles. The average Bonchev–Trinajstić information content (AvgIpc) is 3.42. The molecule has 1 N–H and O–H groups in total. The molecule has 0 bridgehead atoms. The molecule has 5 rings (SSSR count). The van der Waals surface area contributed by atoms with Crippen molar-refractivity contribution >= 4 is 11.5 Å². The summed E-state index contributed by atoms with van der Waals surface area (Å²) in [6.07, 6.45) is 11.8. The fourth-order valence-electron chi connectivity index (χ4n) is 4.07. The summed E-state index contributed by atoms with van der Waals surface area (Å²) in [5, 5.41) is 3.76. The Hall–Kier alpha value is -3.21. The number of anilines is 1. The molecule has 0 atom stereocenters. The lowest BCUT2D eigenvalue weighted by molar-refractivity contribution is 0.308. The van der Waals surface area contributed by atoms with Crippen LogP contribution in [-0.2, 0) is 6.61 Å². The lowest BCUT2D eigenvalue weighted by Crippen LogP contribution is -2.23. The number of furan rings is 1. The number of hydrogen-bond donors (Lipinski definition) is 1. The van der Waals surface area contributed by atoms with E-state index in [1.54, 1.807) is 12.5 Å². The molecule has 4 aromatic rings. The Morgan fingerprint density at radius 1 is 1.03 bits per heavy atom. The summed E-state index contributed by atoms with van der Waals surface area (Å²) in [5.74, 6) is 1.79. The van der Waals surface area contributed by atoms with Gasteiger partial charge in [0.25, 0.3) is 0 Å². The zero-order chi connectivity index (χ0) is 19.5. The molecular formula is C24H25N3O2. The second-order valence-electron chi connectivity index (χ2n) is 7.64. The largest absolute Gasteiger partial charge is 0.485 e. The number of nitrogens with zero attached hydrogens (tertiary/aromatic N) is 2. The van der Waals surface area contributed by atoms with E-state index >= 15 is 0 Å². The predicted molar refractivity (Wildman–Crippen MR) is 114 cm³/mol. The van der Waals surface area contributed by atoms with Crippen LogP contribution < -0.4 is 10.1 Å². The molecule has 0 saturated heterocycles. The van der Waals surface area contributed by atoms with Crippen molar-refractivity contribution in [3.05, 3.63) is 72.8 Å². The van der Waals surface area contributed by atoms with Gasteiger partial charge in [-0.15, -0.1) is 0 Å². The monoisotopic (exact) mass is 387 g/mol. The number of benzene rings is 1. The van der Waals surface area contributed by atoms with Gasteiger partial charge in [-0.2, -0.15) is 0 Å². The van der Waals surface area contributed by atoms with Gasteiger partial charge in [0, 0.05) is 17.8 Å². The highest BCUT2D eigenvalue weighted by Crippen LogP contribution is 2.34. The van der Waals surface area contributed by atoms with Crippen LogP contribution >= 0.6 is 0 Å². The molecule has 29 heavy (non-hydrogen) atoms. The Kier molecular flexibility index (Phi) is 4.95. The highest BCUT2D eigenvalue weighted by Gasteiger charge is 2.21. The Morgan fingerprint density at radius 3 is 2.69 bits per heavy atom. The molecule has 1 fully saturated rings. The number of fused-ring (bicyclic) bond motifs is 1. The van der Waals surface area contributed by atoms with Crippen molar-refractivity contribution in [3.63, 3.8) is 0 Å². The minimum Gasteiger partial charge on any atom is -0.485 e. The van der Waals surface area contributed by atoms with Crippen LogP contribution in [0.5, 0.6) is 5.75 Å². The maximum absolute atomic E-state index is 6.15. The number of ether oxygens (including phenoxy) is 1. The van der Waals surface area contributed by atoms with Gasteiger partial charge < -0.3 is 14.5 Å². The van der Waals surface area contributed by atoms with Crippen molar-refractivity contribution in [2.45, 2.75) is 44.8 Å². The van der Waals surface area contributed by atoms with E-state index in [-0.39, 0.29) is 0 Å². The molecule has 0 radical (unpaired) electrons. The Morgan fingerprint density at radius 2 is 1.90 bits per heavy atom. The van der Waals surface area contributed by atoms with Gasteiger partial charge in [0.2, 0.25) is 0 Å². The molecule has 148 valence electrons. The van der Waals surface area contributed by atoms with Crippen molar-refractivity contribution < 1.29 is 9.15 Å². The van der Waals surface area contributed by atoms with Crippen molar-refractivity contribution in [3.8, 4) is 17.0 Å². The zero-order valence-electron chi connectivity index (χ0n) is 16.4. The summed E-state index contributed by atoms with van der Waals surface area (Å²) < 4.78 is 13.6. The van der Waals surface area contributed by atoms with Crippen molar-refractivity contribution in [2.75, 3.05) is 5.32 Å². The molecule has 0 unspecified atom stereocenters. The number of pyridine rings is 1. The summed E-state index contributed by atoms with van der Waals surface area (Å²) in [6, 6.07) is 16.6. The smallest absolute Gasteiger partial charge is 0.181 e. The van der Waals surface area contributed by atoms with Crippen LogP contribution in [0, 0.1) is 0 Å². The maximum atomic E-state index is 6.15. The number of nitrogens with one attached hydrogen (secondary N) is 1. The minimum absolute atomic E-state index is 0.475. The predicted octanol–water partition coefficient (Wildman–Crippen LogP) is 5.92. The third kappa shape index (κ3) is 3.73. The molecule has 3 heterocycles. The Balaban J connectivity index is 1.52. The van der Waals surface area contributed by atoms with Crippen LogP contribution in [0.4, 0.5) is 5.82 Å². The third-order valence-corrected chi connectivity index (χ3v) is 5.59. The summed E-state index contributed by atoms with van der Waals surface area (Å²) in [7, 11) is 0. The fourth-order valence-corrected chi connectivity index (χ4v) is 4.07. The van der Waals surface area contributed by atoms with Crippen molar-refractivity contribution in [1.82, 2.24) is 9.38 Å². The van der Waals surface area contributed by atoms with E-state index in [0.29, 0.717) is 12.6 Å². The van der Waals surface area contributed by atoms with Gasteiger partial charge >= 0.3 is 0 Å². The van der Waals surface area contributed by atoms with Gasteiger partial charge in [0.15, 0.2) is 11.4 Å². The number of aromatic nitrogens is 2. The van der Waals surface area contributed by atoms with Crippen LogP contribution in [0.15, 0.2) is 71.7 Å². The highest BCUT2D eigenvalue weighted by molar-refractivity contribution is 5.78. The van der Waals surface area contributed by atoms with Crippen molar-refractivity contribution in [1.29, 1.82) is 0 Å². The first-order valence-electron chi connectivity index (χ1n) is 10.4. The topological polar surface area (TPSA) is 51.7 Å². The van der Waals surface area contributed by atoms with Crippen LogP contribution in [0.25, 0.3) is 16.9 Å². The van der Waals surface area contributed by atoms with Crippen LogP contribution in [0.3, 0.4) is 0 Å². The minimum atomic E-state index is 0.475. The van der Waals surface area contributed by atoms with Gasteiger partial charge in [0.05, 0.1) is 12.5 Å². The molecule has 1 saturated carbocycles. The van der Waals surface area contributed by atoms with Gasteiger partial charge in [0.1, 0.15) is 18.1 Å². The number of imidazole rings is 1. The van der Waals surface area contributed by atoms with E-state index < -0.39 is 0 Å². The summed E-state index contributed by atoms with van der Waals surface area (Å²) in [6.45, 7) is 0.514. The lowest BCUT2D eigenvalue weighted by Gasteiger charge is -2.24. The maximum Gasteiger partial charge on any atom is 0.181 e. The average molecular weight is 387 g/mol. The van der Waals surface area contributed by atoms with Crippen molar-refractivity contribution in [2.24, 2.45) is 0 Å². The summed E-state index contributed by atoms with van der Waals surface area (Å²) in [5.41, 5.74) is 3.83. The van der Waals surface area contributed by atoms with Crippen LogP contribution in [0.1, 0.15) is 37.7 Å². The summed E-state index contributed by atoms with van der Waals surface area (Å²) in [4.78, 5) is 4.95. The van der Waals surface area contributed by atoms with Gasteiger partial charge in [-0.3, -0.25) is 4.40 Å². The first kappa shape index (κ1) is 17.9. The first-order chi connectivity index (χ1) is 14.4. The molecule has 5 heteroatoms. The number of rotatable bonds is 6. The molecule has 1 aliphatic rings. The normalized spacial score (nSPS) is 14.9. The molecule has 1 aliphatic carbocycles. The molecule has 0 amide bonds. The highest BCUT2D eigenvalue weighted by atomic mass is 16.5. The van der Waals surface area contributed by atoms with Gasteiger partial charge in [-0.05, 0) is 36.6 Å². The summed E-state index contributed by atoms with van der Waals surface area (Å²) >= 11 is 0. The molecule has 0 spiro atoms. The van der Waals surface area contributed by atoms with Gasteiger partial charge in [-0.1, -0.05) is 49.6 Å². The molecule has 5 nitrogen and oxygen atoms in total. The second kappa shape index (κ2) is 8.03. The van der Waals surface area contributed by atoms with E-state index in [0.717, 1.165) is 34.0 Å². The lowest BCUT2D eigenvalue weighted by atomic mass is 9.95. The van der Waals surface area contributed by atoms with E-state index in [1.165, 1.54) is 32.1 Å². The van der Waals surface area contributed by atoms with Crippen LogP contribution in [0.2, 0.25) is 0 Å². The van der Waals surface area contributed by atoms with Crippen LogP contribution in [-0.4, -0.2) is 15.4 Å². The molecule has 0 aliphatic heterocycles. The Labute approximate surface area is 170 Å². The molecular weight excluding hydrogens is 362 g/mol. The Bertz CT molecular complexity index is 1060. The third-order valence-electron chi connectivity index (χ3n) is 5.59. The van der Waals surface area contributed by atoms with E-state index in [1.807, 2.05) is 42.6 Å². The van der Waals surface area contributed by atoms with E-state index in [9.17, 15) is 0 Å². The van der Waals surface area contributed by atoms with E-state index in [2.05, 4.69) is 21.9 Å². The second-order valence-corrected chi connectivity index (χ2v) is 7.64. The standard InChI is InChI=1S/C24H25N3O2/c1-3-8-18(9-4-1)16-29-21-12-7-14-27-23(21)26-22(19-13-15-28-17-19)24(27)25-20-10-5-2-6-11-20/h1,3-4,7-9,12-15,17,20,25H,2,5-6,10-11,16H2. The first-order valence-corrected chi connectivity index (χ1v) is 10.4. The quantitative estimate of drug-likeness (QED) is 0.446. The fraction of sp³-hybridized carbons (Fsp3) is 0.292. The van der Waals surface area contributed by atoms with E-state index in [4.69, 9.17) is 14.1 Å². The molecule has 1 aromatic carbocycles. The van der Waals surface area contributed by atoms with Gasteiger partial charge in [-0.25, -0.2) is 4.98 Å². The zero-order valence-corrected chi connectivity index (χ0v) is 16.4.